The number of nitrogens with two attached hydrogens (primary N) is 1. The number of halogens is 7. The molecule has 0 bridgehead atoms. The van der Waals surface area contributed by atoms with Gasteiger partial charge in [0, 0.05) is 12.5 Å². The molecule has 2 unspecified atom stereocenters. The monoisotopic (exact) mass is 765 g/mol. The van der Waals surface area contributed by atoms with Crippen LogP contribution in [0.2, 0.25) is 0 Å². The van der Waals surface area contributed by atoms with Crippen LogP contribution in [0.1, 0.15) is 78.5 Å². The zero-order chi connectivity index (χ0) is 40.0. The molecule has 5 rings (SSSR count). The highest BCUT2D eigenvalue weighted by Gasteiger charge is 2.60. The number of nitrogens with zero attached hydrogens (tertiary/aromatic N) is 2. The van der Waals surface area contributed by atoms with Gasteiger partial charge in [0.2, 0.25) is 11.8 Å². The van der Waals surface area contributed by atoms with E-state index in [9.17, 15) is 49.9 Å². The van der Waals surface area contributed by atoms with Crippen molar-refractivity contribution < 1.29 is 59.4 Å². The summed E-state index contributed by atoms with van der Waals surface area (Å²) >= 11 is 0. The molecule has 3 aromatic carbocycles. The molecule has 9 nitrogen and oxygen atoms in total. The van der Waals surface area contributed by atoms with Gasteiger partial charge < -0.3 is 20.1 Å². The van der Waals surface area contributed by atoms with Gasteiger partial charge in [0.25, 0.3) is 0 Å². The first kappa shape index (κ1) is 40.2. The SMILES string of the molecule is COC(=O)C1C[C@@]2(CCN(C(=O)C(C)(N)[C@H](C)c3cc(C(F)(F)F)cc(C(F)(F)F)c3)[C@@H](c3ccc(F)cc3C)C2)N(C(=O)OCc2ccccc2)C1=O. The number of hydrogen-bond acceptors (Lipinski definition) is 7. The summed E-state index contributed by atoms with van der Waals surface area (Å²) in [7, 11) is 1.08. The van der Waals surface area contributed by atoms with Crippen molar-refractivity contribution in [2.24, 2.45) is 11.7 Å². The van der Waals surface area contributed by atoms with E-state index < -0.39 is 87.7 Å². The second kappa shape index (κ2) is 14.7. The summed E-state index contributed by atoms with van der Waals surface area (Å²) in [5.74, 6) is -6.13. The fraction of sp³-hybridized carbons (Fsp3) is 0.421. The van der Waals surface area contributed by atoms with Crippen LogP contribution in [0.25, 0.3) is 0 Å². The maximum Gasteiger partial charge on any atom is 0.417 e. The van der Waals surface area contributed by atoms with Crippen LogP contribution in [0.5, 0.6) is 0 Å². The van der Waals surface area contributed by atoms with Crippen LogP contribution in [-0.2, 0) is 42.8 Å². The van der Waals surface area contributed by atoms with E-state index in [2.05, 4.69) is 0 Å². The normalized spacial score (nSPS) is 22.2. The van der Waals surface area contributed by atoms with E-state index in [1.807, 2.05) is 0 Å². The van der Waals surface area contributed by atoms with Gasteiger partial charge in [0.15, 0.2) is 0 Å². The number of aryl methyl sites for hydroxylation is 1. The quantitative estimate of drug-likeness (QED) is 0.151. The first-order valence-electron chi connectivity index (χ1n) is 16.9. The molecule has 54 heavy (non-hydrogen) atoms. The molecule has 0 aliphatic carbocycles. The van der Waals surface area contributed by atoms with Gasteiger partial charge in [-0.15, -0.1) is 0 Å². The fourth-order valence-corrected chi connectivity index (χ4v) is 7.39. The standard InChI is InChI=1S/C38H38F7N3O6/c1-21-14-27(39)10-11-28(21)30-19-36(18-29(32(50)53-4)31(49)48(36)34(52)54-20-23-8-6-5-7-9-23)12-13-47(30)33(51)35(3,46)22(2)24-15-25(37(40,41)42)17-26(16-24)38(43,44)45/h5-11,14-17,22,29-30H,12-13,18-20,46H2,1-4H3/t22-,29?,30-,35?,36-/m1/s1. The number of carbonyl (C=O) groups is 4. The maximum atomic E-state index is 14.6. The largest absolute Gasteiger partial charge is 0.468 e. The van der Waals surface area contributed by atoms with Crippen LogP contribution in [0, 0.1) is 18.7 Å². The molecule has 16 heteroatoms. The van der Waals surface area contributed by atoms with Crippen LogP contribution >= 0.6 is 0 Å². The van der Waals surface area contributed by atoms with Crippen molar-refractivity contribution >= 4 is 23.9 Å². The Balaban J connectivity index is 1.56. The number of rotatable bonds is 7. The number of ether oxygens (including phenoxy) is 2. The molecule has 3 amide bonds. The van der Waals surface area contributed by atoms with E-state index in [4.69, 9.17) is 15.2 Å². The third kappa shape index (κ3) is 7.79. The Hall–Kier alpha value is -4.99. The Morgan fingerprint density at radius 2 is 1.56 bits per heavy atom. The molecule has 2 saturated heterocycles. The Labute approximate surface area is 306 Å². The lowest BCUT2D eigenvalue weighted by molar-refractivity contribution is -0.150. The predicted octanol–water partition coefficient (Wildman–Crippen LogP) is 7.45. The number of piperidine rings is 1. The summed E-state index contributed by atoms with van der Waals surface area (Å²) in [6.07, 6.45) is -11.9. The van der Waals surface area contributed by atoms with Gasteiger partial charge in [-0.1, -0.05) is 43.3 Å². The highest BCUT2D eigenvalue weighted by Crippen LogP contribution is 2.50. The first-order chi connectivity index (χ1) is 25.1. The lowest BCUT2D eigenvalue weighted by Crippen LogP contribution is -2.62. The number of likely N-dealkylation sites (tertiary alicyclic amines) is 2. The summed E-state index contributed by atoms with van der Waals surface area (Å²) in [6, 6.07) is 12.2. The van der Waals surface area contributed by atoms with Gasteiger partial charge in [-0.3, -0.25) is 14.4 Å². The van der Waals surface area contributed by atoms with Crippen molar-refractivity contribution in [1.29, 1.82) is 0 Å². The van der Waals surface area contributed by atoms with Crippen LogP contribution in [0.15, 0.2) is 66.7 Å². The summed E-state index contributed by atoms with van der Waals surface area (Å²) in [5, 5.41) is 0. The number of imide groups is 1. The average Bonchev–Trinajstić information content (AvgIpc) is 3.39. The van der Waals surface area contributed by atoms with Crippen molar-refractivity contribution in [2.75, 3.05) is 13.7 Å². The van der Waals surface area contributed by atoms with E-state index in [-0.39, 0.29) is 38.5 Å². The number of carbonyl (C=O) groups excluding carboxylic acids is 4. The second-order valence-corrected chi connectivity index (χ2v) is 14.0. The highest BCUT2D eigenvalue weighted by atomic mass is 19.4. The van der Waals surface area contributed by atoms with E-state index in [0.29, 0.717) is 28.8 Å². The molecular weight excluding hydrogens is 727 g/mol. The summed E-state index contributed by atoms with van der Waals surface area (Å²) in [4.78, 5) is 57.1. The van der Waals surface area contributed by atoms with Gasteiger partial charge >= 0.3 is 24.4 Å². The van der Waals surface area contributed by atoms with Gasteiger partial charge in [-0.2, -0.15) is 26.3 Å². The molecule has 0 aromatic heterocycles. The summed E-state index contributed by atoms with van der Waals surface area (Å²) in [6.45, 7) is 3.50. The number of benzene rings is 3. The Morgan fingerprint density at radius 3 is 2.11 bits per heavy atom. The third-order valence-electron chi connectivity index (χ3n) is 10.5. The van der Waals surface area contributed by atoms with Gasteiger partial charge in [-0.25, -0.2) is 14.1 Å². The molecule has 2 aliphatic rings. The first-order valence-corrected chi connectivity index (χ1v) is 16.9. The number of esters is 1. The topological polar surface area (TPSA) is 119 Å². The molecule has 2 aliphatic heterocycles. The molecule has 0 radical (unpaired) electrons. The molecule has 2 N–H and O–H groups in total. The molecule has 2 fully saturated rings. The van der Waals surface area contributed by atoms with Crippen LogP contribution in [-0.4, -0.2) is 58.4 Å². The van der Waals surface area contributed by atoms with Gasteiger partial charge in [0.05, 0.1) is 35.4 Å². The third-order valence-corrected chi connectivity index (χ3v) is 10.5. The molecule has 2 heterocycles. The lowest BCUT2D eigenvalue weighted by atomic mass is 9.75. The van der Waals surface area contributed by atoms with Crippen molar-refractivity contribution in [3.63, 3.8) is 0 Å². The number of alkyl halides is 6. The average molecular weight is 766 g/mol. The number of hydrogen-bond donors (Lipinski definition) is 1. The molecule has 1 spiro atoms. The summed E-state index contributed by atoms with van der Waals surface area (Å²) in [5.41, 5.74) is 0.680. The molecular formula is C38H38F7N3O6. The minimum atomic E-state index is -5.15. The zero-order valence-corrected chi connectivity index (χ0v) is 29.7. The smallest absolute Gasteiger partial charge is 0.417 e. The van der Waals surface area contributed by atoms with E-state index in [1.165, 1.54) is 30.9 Å². The Morgan fingerprint density at radius 1 is 0.944 bits per heavy atom. The van der Waals surface area contributed by atoms with Crippen LogP contribution < -0.4 is 5.73 Å². The van der Waals surface area contributed by atoms with E-state index >= 15 is 0 Å². The molecule has 290 valence electrons. The van der Waals surface area contributed by atoms with E-state index in [0.717, 1.165) is 18.1 Å². The summed E-state index contributed by atoms with van der Waals surface area (Å²) < 4.78 is 107. The van der Waals surface area contributed by atoms with Gasteiger partial charge in [0.1, 0.15) is 18.3 Å². The van der Waals surface area contributed by atoms with Crippen molar-refractivity contribution in [3.8, 4) is 0 Å². The van der Waals surface area contributed by atoms with Crippen molar-refractivity contribution in [2.45, 2.75) is 82.0 Å². The second-order valence-electron chi connectivity index (χ2n) is 14.0. The minimum absolute atomic E-state index is 0.0234. The van der Waals surface area contributed by atoms with Crippen LogP contribution in [0.3, 0.4) is 0 Å². The van der Waals surface area contributed by atoms with Crippen molar-refractivity contribution in [3.05, 3.63) is 106 Å². The van der Waals surface area contributed by atoms with Crippen molar-refractivity contribution in [1.82, 2.24) is 9.80 Å². The maximum absolute atomic E-state index is 14.6. The zero-order valence-electron chi connectivity index (χ0n) is 29.7. The predicted molar refractivity (Wildman–Crippen MR) is 179 cm³/mol. The molecule has 0 saturated carbocycles. The van der Waals surface area contributed by atoms with Crippen LogP contribution in [0.4, 0.5) is 35.5 Å². The Kier molecular flexibility index (Phi) is 10.9. The van der Waals surface area contributed by atoms with E-state index in [1.54, 1.807) is 37.3 Å². The number of methoxy groups -OCH3 is 1. The highest BCUT2D eigenvalue weighted by molar-refractivity contribution is 6.06. The molecule has 5 atom stereocenters. The minimum Gasteiger partial charge on any atom is -0.468 e. The lowest BCUT2D eigenvalue weighted by Gasteiger charge is -2.50. The fourth-order valence-electron chi connectivity index (χ4n) is 7.39. The van der Waals surface area contributed by atoms with Gasteiger partial charge in [-0.05, 0) is 85.7 Å². The Bertz CT molecular complexity index is 1900. The molecule has 3 aromatic rings. The number of amides is 3.